The molecule has 0 aliphatic rings. The van der Waals surface area contributed by atoms with Crippen molar-refractivity contribution in [1.82, 2.24) is 0 Å². The molecule has 1 unspecified atom stereocenters. The number of hydrogen-bond donors (Lipinski definition) is 1. The lowest BCUT2D eigenvalue weighted by Gasteiger charge is -2.10. The van der Waals surface area contributed by atoms with E-state index in [-0.39, 0.29) is 18.3 Å². The lowest BCUT2D eigenvalue weighted by atomic mass is 9.99. The van der Waals surface area contributed by atoms with Crippen molar-refractivity contribution >= 4 is 11.6 Å². The Bertz CT molecular complexity index is 914. The summed E-state index contributed by atoms with van der Waals surface area (Å²) >= 11 is 0. The van der Waals surface area contributed by atoms with E-state index in [1.165, 1.54) is 5.56 Å². The highest BCUT2D eigenvalue weighted by atomic mass is 16.5. The van der Waals surface area contributed by atoms with Crippen molar-refractivity contribution in [2.75, 3.05) is 12.4 Å². The molecule has 3 aromatic rings. The average molecular weight is 379 g/mol. The summed E-state index contributed by atoms with van der Waals surface area (Å²) < 4.78 is 16.5. The molecule has 28 heavy (non-hydrogen) atoms. The van der Waals surface area contributed by atoms with Gasteiger partial charge in [-0.25, -0.2) is 0 Å². The van der Waals surface area contributed by atoms with Gasteiger partial charge in [0.25, 0.3) is 5.91 Å². The molecular formula is C23H25NO4. The number of ether oxygens (including phenoxy) is 2. The number of methoxy groups -OCH3 is 1. The van der Waals surface area contributed by atoms with Crippen LogP contribution in [-0.2, 0) is 6.61 Å². The molecule has 1 aromatic heterocycles. The van der Waals surface area contributed by atoms with E-state index in [0.717, 1.165) is 12.2 Å². The molecule has 0 saturated heterocycles. The zero-order valence-corrected chi connectivity index (χ0v) is 16.4. The Morgan fingerprint density at radius 3 is 2.57 bits per heavy atom. The molecular weight excluding hydrogens is 354 g/mol. The Morgan fingerprint density at radius 2 is 1.86 bits per heavy atom. The summed E-state index contributed by atoms with van der Waals surface area (Å²) in [4.78, 5) is 12.3. The molecule has 3 rings (SSSR count). The zero-order chi connectivity index (χ0) is 19.9. The Hall–Kier alpha value is -3.21. The van der Waals surface area contributed by atoms with Crippen LogP contribution in [0.25, 0.3) is 0 Å². The first-order valence-electron chi connectivity index (χ1n) is 9.36. The largest absolute Gasteiger partial charge is 0.497 e. The fourth-order valence-electron chi connectivity index (χ4n) is 2.75. The summed E-state index contributed by atoms with van der Waals surface area (Å²) in [5.41, 5.74) is 1.93. The van der Waals surface area contributed by atoms with Crippen LogP contribution in [0.3, 0.4) is 0 Å². The van der Waals surface area contributed by atoms with Crippen molar-refractivity contribution in [2.24, 2.45) is 0 Å². The Morgan fingerprint density at radius 1 is 1.07 bits per heavy atom. The van der Waals surface area contributed by atoms with Crippen molar-refractivity contribution in [3.8, 4) is 11.5 Å². The Balaban J connectivity index is 1.56. The minimum Gasteiger partial charge on any atom is -0.497 e. The number of rotatable bonds is 8. The van der Waals surface area contributed by atoms with Gasteiger partial charge in [0.05, 0.1) is 7.11 Å². The van der Waals surface area contributed by atoms with Crippen LogP contribution in [-0.4, -0.2) is 13.0 Å². The van der Waals surface area contributed by atoms with Gasteiger partial charge in [0.1, 0.15) is 23.9 Å². The molecule has 0 aliphatic carbocycles. The number of carbonyl (C=O) groups is 1. The minimum atomic E-state index is -0.322. The van der Waals surface area contributed by atoms with Gasteiger partial charge in [-0.15, -0.1) is 0 Å². The van der Waals surface area contributed by atoms with Gasteiger partial charge in [-0.1, -0.05) is 32.0 Å². The fraction of sp³-hybridized carbons (Fsp3) is 0.261. The normalized spacial score (nSPS) is 11.7. The lowest BCUT2D eigenvalue weighted by molar-refractivity contribution is 0.0992. The van der Waals surface area contributed by atoms with E-state index in [9.17, 15) is 4.79 Å². The molecule has 146 valence electrons. The number of benzene rings is 2. The minimum absolute atomic E-state index is 0.230. The maximum atomic E-state index is 12.3. The third kappa shape index (κ3) is 4.94. The first-order chi connectivity index (χ1) is 13.6. The van der Waals surface area contributed by atoms with Crippen molar-refractivity contribution in [1.29, 1.82) is 0 Å². The third-order valence-corrected chi connectivity index (χ3v) is 4.66. The van der Waals surface area contributed by atoms with Crippen LogP contribution in [0.5, 0.6) is 11.5 Å². The Labute approximate surface area is 165 Å². The molecule has 5 nitrogen and oxygen atoms in total. The molecule has 1 heterocycles. The standard InChI is InChI=1S/C23H25NO4/c1-4-16(2)17-8-10-19(11-9-17)27-15-21-12-13-22(28-21)23(25)24-18-6-5-7-20(14-18)26-3/h5-14,16H,4,15H2,1-3H3,(H,24,25). The van der Waals surface area contributed by atoms with Crippen LogP contribution in [0.4, 0.5) is 5.69 Å². The SMILES string of the molecule is CCC(C)c1ccc(OCc2ccc(C(=O)Nc3cccc(OC)c3)o2)cc1. The van der Waals surface area contributed by atoms with Gasteiger partial charge in [0.15, 0.2) is 5.76 Å². The lowest BCUT2D eigenvalue weighted by Crippen LogP contribution is -2.10. The molecule has 0 aliphatic heterocycles. The van der Waals surface area contributed by atoms with Crippen LogP contribution < -0.4 is 14.8 Å². The van der Waals surface area contributed by atoms with E-state index < -0.39 is 0 Å². The van der Waals surface area contributed by atoms with E-state index in [2.05, 4.69) is 31.3 Å². The van der Waals surface area contributed by atoms with Gasteiger partial charge in [-0.05, 0) is 54.3 Å². The van der Waals surface area contributed by atoms with Crippen LogP contribution in [0, 0.1) is 0 Å². The van der Waals surface area contributed by atoms with Crippen molar-refractivity contribution in [2.45, 2.75) is 32.8 Å². The maximum Gasteiger partial charge on any atom is 0.291 e. The van der Waals surface area contributed by atoms with E-state index in [1.54, 1.807) is 31.4 Å². The summed E-state index contributed by atoms with van der Waals surface area (Å²) in [6.07, 6.45) is 1.10. The van der Waals surface area contributed by atoms with E-state index in [4.69, 9.17) is 13.9 Å². The fourth-order valence-corrected chi connectivity index (χ4v) is 2.75. The van der Waals surface area contributed by atoms with Gasteiger partial charge < -0.3 is 19.2 Å². The molecule has 1 N–H and O–H groups in total. The molecule has 0 saturated carbocycles. The summed E-state index contributed by atoms with van der Waals surface area (Å²) in [5, 5.41) is 2.79. The molecule has 2 aromatic carbocycles. The molecule has 1 amide bonds. The average Bonchev–Trinajstić information content (AvgIpc) is 3.21. The first-order valence-corrected chi connectivity index (χ1v) is 9.36. The smallest absolute Gasteiger partial charge is 0.291 e. The van der Waals surface area contributed by atoms with Crippen LogP contribution in [0.15, 0.2) is 65.1 Å². The second kappa shape index (κ2) is 9.13. The number of carbonyl (C=O) groups excluding carboxylic acids is 1. The highest BCUT2D eigenvalue weighted by Crippen LogP contribution is 2.22. The van der Waals surface area contributed by atoms with E-state index in [0.29, 0.717) is 23.1 Å². The Kier molecular flexibility index (Phi) is 6.37. The topological polar surface area (TPSA) is 60.7 Å². The predicted molar refractivity (Wildman–Crippen MR) is 109 cm³/mol. The van der Waals surface area contributed by atoms with Gasteiger partial charge >= 0.3 is 0 Å². The number of amides is 1. The van der Waals surface area contributed by atoms with Crippen molar-refractivity contribution in [3.05, 3.63) is 77.7 Å². The molecule has 0 spiro atoms. The molecule has 5 heteroatoms. The maximum absolute atomic E-state index is 12.3. The zero-order valence-electron chi connectivity index (χ0n) is 16.4. The number of anilines is 1. The van der Waals surface area contributed by atoms with Crippen LogP contribution in [0.1, 0.15) is 48.1 Å². The molecule has 0 bridgehead atoms. The van der Waals surface area contributed by atoms with Crippen molar-refractivity contribution in [3.63, 3.8) is 0 Å². The summed E-state index contributed by atoms with van der Waals surface area (Å²) in [6, 6.07) is 18.6. The second-order valence-electron chi connectivity index (χ2n) is 6.62. The molecule has 0 radical (unpaired) electrons. The highest BCUT2D eigenvalue weighted by molar-refractivity contribution is 6.02. The molecule has 1 atom stereocenters. The van der Waals surface area contributed by atoms with Gasteiger partial charge in [-0.2, -0.15) is 0 Å². The predicted octanol–water partition coefficient (Wildman–Crippen LogP) is 5.63. The highest BCUT2D eigenvalue weighted by Gasteiger charge is 2.12. The third-order valence-electron chi connectivity index (χ3n) is 4.66. The van der Waals surface area contributed by atoms with Crippen LogP contribution >= 0.6 is 0 Å². The van der Waals surface area contributed by atoms with Gasteiger partial charge in [0, 0.05) is 11.8 Å². The van der Waals surface area contributed by atoms with E-state index in [1.807, 2.05) is 24.3 Å². The number of furan rings is 1. The quantitative estimate of drug-likeness (QED) is 0.551. The number of hydrogen-bond acceptors (Lipinski definition) is 4. The van der Waals surface area contributed by atoms with Crippen LogP contribution in [0.2, 0.25) is 0 Å². The van der Waals surface area contributed by atoms with Crippen molar-refractivity contribution < 1.29 is 18.7 Å². The summed E-state index contributed by atoms with van der Waals surface area (Å²) in [7, 11) is 1.58. The second-order valence-corrected chi connectivity index (χ2v) is 6.62. The van der Waals surface area contributed by atoms with Gasteiger partial charge in [-0.3, -0.25) is 4.79 Å². The monoisotopic (exact) mass is 379 g/mol. The summed E-state index contributed by atoms with van der Waals surface area (Å²) in [6.45, 7) is 4.64. The summed E-state index contributed by atoms with van der Waals surface area (Å²) in [5.74, 6) is 2.47. The first kappa shape index (κ1) is 19.5. The van der Waals surface area contributed by atoms with E-state index >= 15 is 0 Å². The van der Waals surface area contributed by atoms with Gasteiger partial charge in [0.2, 0.25) is 0 Å². The number of nitrogens with one attached hydrogen (secondary N) is 1. The molecule has 0 fully saturated rings.